The Morgan fingerprint density at radius 1 is 1.03 bits per heavy atom. The van der Waals surface area contributed by atoms with Gasteiger partial charge in [0.15, 0.2) is 22.3 Å². The van der Waals surface area contributed by atoms with Crippen LogP contribution in [0.3, 0.4) is 0 Å². The molecule has 3 heterocycles. The molecule has 0 saturated heterocycles. The third-order valence-corrected chi connectivity index (χ3v) is 7.14. The van der Waals surface area contributed by atoms with Crippen LogP contribution in [-0.2, 0) is 6.42 Å². The van der Waals surface area contributed by atoms with Gasteiger partial charge in [-0.3, -0.25) is 4.79 Å². The molecule has 1 amide bonds. The molecule has 1 aliphatic rings. The van der Waals surface area contributed by atoms with E-state index in [4.69, 9.17) is 9.47 Å². The normalized spacial score (nSPS) is 15.0. The van der Waals surface area contributed by atoms with Gasteiger partial charge in [0.1, 0.15) is 4.88 Å². The molecule has 0 spiro atoms. The molecule has 1 aliphatic heterocycles. The summed E-state index contributed by atoms with van der Waals surface area (Å²) in [6, 6.07) is 15.6. The van der Waals surface area contributed by atoms with E-state index in [-0.39, 0.29) is 11.9 Å². The second-order valence-electron chi connectivity index (χ2n) is 7.97. The number of aromatic nitrogens is 3. The largest absolute Gasteiger partial charge is 0.493 e. The summed E-state index contributed by atoms with van der Waals surface area (Å²) in [5.74, 6) is 1.81. The number of carbonyl (C=O) groups is 1. The van der Waals surface area contributed by atoms with Crippen LogP contribution in [0.25, 0.3) is 10.8 Å². The van der Waals surface area contributed by atoms with Crippen LogP contribution in [0.1, 0.15) is 38.1 Å². The minimum Gasteiger partial charge on any atom is -0.493 e. The van der Waals surface area contributed by atoms with Crippen molar-refractivity contribution in [3.05, 3.63) is 88.2 Å². The number of fused-ring (bicyclic) bond motifs is 1. The maximum absolute atomic E-state index is 13.9. The molecule has 1 unspecified atom stereocenters. The topological polar surface area (TPSA) is 77.4 Å². The van der Waals surface area contributed by atoms with E-state index in [1.807, 2.05) is 42.2 Å². The number of aryl methyl sites for hydroxylation is 1. The third-order valence-electron chi connectivity index (χ3n) is 6.00. The molecular weight excluding hydrogens is 448 g/mol. The standard InChI is InChI=1S/C26H24N4O3S/c1-16-23(34-25(29-16)24-27-11-7-12-28-24)26(31)30-13-10-18-14-20(32-2)21(33-3)15-19(18)22(30)17-8-5-4-6-9-17/h4-9,11-12,14-15,22H,10,13H2,1-3H3. The first-order valence-corrected chi connectivity index (χ1v) is 11.8. The molecule has 0 bridgehead atoms. The third kappa shape index (κ3) is 3.90. The van der Waals surface area contributed by atoms with Crippen LogP contribution in [0.4, 0.5) is 0 Å². The van der Waals surface area contributed by atoms with Gasteiger partial charge in [-0.05, 0) is 48.2 Å². The van der Waals surface area contributed by atoms with Gasteiger partial charge in [0.2, 0.25) is 0 Å². The number of methoxy groups -OCH3 is 2. The highest BCUT2D eigenvalue weighted by Crippen LogP contribution is 2.42. The first kappa shape index (κ1) is 22.0. The fourth-order valence-electron chi connectivity index (χ4n) is 4.39. The molecule has 172 valence electrons. The lowest BCUT2D eigenvalue weighted by atomic mass is 9.87. The number of rotatable bonds is 5. The fourth-order valence-corrected chi connectivity index (χ4v) is 5.36. The van der Waals surface area contributed by atoms with Gasteiger partial charge >= 0.3 is 0 Å². The van der Waals surface area contributed by atoms with Gasteiger partial charge in [0.05, 0.1) is 26.0 Å². The average molecular weight is 473 g/mol. The highest BCUT2D eigenvalue weighted by molar-refractivity contribution is 7.17. The van der Waals surface area contributed by atoms with E-state index in [0.717, 1.165) is 23.1 Å². The van der Waals surface area contributed by atoms with Gasteiger partial charge in [-0.25, -0.2) is 15.0 Å². The zero-order chi connectivity index (χ0) is 23.7. The summed E-state index contributed by atoms with van der Waals surface area (Å²) < 4.78 is 11.1. The van der Waals surface area contributed by atoms with Crippen molar-refractivity contribution in [3.63, 3.8) is 0 Å². The molecule has 1 atom stereocenters. The van der Waals surface area contributed by atoms with Crippen molar-refractivity contribution in [1.82, 2.24) is 19.9 Å². The molecule has 5 rings (SSSR count). The molecule has 0 fully saturated rings. The lowest BCUT2D eigenvalue weighted by Gasteiger charge is -2.38. The minimum absolute atomic E-state index is 0.0496. The Kier molecular flexibility index (Phi) is 5.98. The van der Waals surface area contributed by atoms with Gasteiger partial charge in [-0.2, -0.15) is 0 Å². The second-order valence-corrected chi connectivity index (χ2v) is 8.97. The predicted molar refractivity (Wildman–Crippen MR) is 130 cm³/mol. The van der Waals surface area contributed by atoms with E-state index in [9.17, 15) is 4.79 Å². The van der Waals surface area contributed by atoms with Crippen LogP contribution in [0, 0.1) is 6.92 Å². The van der Waals surface area contributed by atoms with Crippen LogP contribution in [0.5, 0.6) is 11.5 Å². The molecule has 8 heteroatoms. The number of nitrogens with zero attached hydrogens (tertiary/aromatic N) is 4. The van der Waals surface area contributed by atoms with Crippen LogP contribution in [0.15, 0.2) is 60.9 Å². The van der Waals surface area contributed by atoms with Crippen molar-refractivity contribution >= 4 is 17.2 Å². The Balaban J connectivity index is 1.59. The van der Waals surface area contributed by atoms with Gasteiger partial charge < -0.3 is 14.4 Å². The summed E-state index contributed by atoms with van der Waals surface area (Å²) in [4.78, 5) is 29.6. The summed E-state index contributed by atoms with van der Waals surface area (Å²) in [7, 11) is 3.26. The highest BCUT2D eigenvalue weighted by atomic mass is 32.1. The lowest BCUT2D eigenvalue weighted by Crippen LogP contribution is -2.40. The Morgan fingerprint density at radius 3 is 2.44 bits per heavy atom. The summed E-state index contributed by atoms with van der Waals surface area (Å²) in [6.07, 6.45) is 4.07. The number of benzene rings is 2. The van der Waals surface area contributed by atoms with E-state index >= 15 is 0 Å². The summed E-state index contributed by atoms with van der Waals surface area (Å²) in [5, 5.41) is 0.640. The molecule has 0 N–H and O–H groups in total. The minimum atomic E-state index is -0.254. The predicted octanol–water partition coefficient (Wildman–Crippen LogP) is 4.71. The van der Waals surface area contributed by atoms with E-state index < -0.39 is 0 Å². The molecule has 34 heavy (non-hydrogen) atoms. The van der Waals surface area contributed by atoms with Crippen molar-refractivity contribution in [2.75, 3.05) is 20.8 Å². The second kappa shape index (κ2) is 9.23. The Labute approximate surface area is 202 Å². The van der Waals surface area contributed by atoms with Crippen molar-refractivity contribution < 1.29 is 14.3 Å². The first-order valence-electron chi connectivity index (χ1n) is 11.0. The maximum Gasteiger partial charge on any atom is 0.266 e. The smallest absolute Gasteiger partial charge is 0.266 e. The zero-order valence-corrected chi connectivity index (χ0v) is 20.0. The Hall–Kier alpha value is -3.78. The van der Waals surface area contributed by atoms with E-state index in [2.05, 4.69) is 27.1 Å². The van der Waals surface area contributed by atoms with Gasteiger partial charge in [-0.1, -0.05) is 30.3 Å². The Bertz CT molecular complexity index is 1320. The number of thiazole rings is 1. The molecule has 0 radical (unpaired) electrons. The lowest BCUT2D eigenvalue weighted by molar-refractivity contribution is 0.0698. The molecule has 0 aliphatic carbocycles. The summed E-state index contributed by atoms with van der Waals surface area (Å²) in [6.45, 7) is 2.44. The zero-order valence-electron chi connectivity index (χ0n) is 19.2. The quantitative estimate of drug-likeness (QED) is 0.419. The number of hydrogen-bond acceptors (Lipinski definition) is 7. The molecular formula is C26H24N4O3S. The van der Waals surface area contributed by atoms with E-state index in [0.29, 0.717) is 39.4 Å². The van der Waals surface area contributed by atoms with Crippen molar-refractivity contribution in [2.24, 2.45) is 0 Å². The van der Waals surface area contributed by atoms with Gasteiger partial charge in [-0.15, -0.1) is 11.3 Å². The van der Waals surface area contributed by atoms with Gasteiger partial charge in [0, 0.05) is 18.9 Å². The number of hydrogen-bond donors (Lipinski definition) is 0. The molecule has 7 nitrogen and oxygen atoms in total. The number of ether oxygens (including phenoxy) is 2. The molecule has 2 aromatic heterocycles. The SMILES string of the molecule is COc1cc2c(cc1OC)C(c1ccccc1)N(C(=O)c1sc(-c3ncccn3)nc1C)CC2. The Morgan fingerprint density at radius 2 is 1.74 bits per heavy atom. The van der Waals surface area contributed by atoms with Crippen molar-refractivity contribution in [1.29, 1.82) is 0 Å². The fraction of sp³-hybridized carbons (Fsp3) is 0.231. The number of amides is 1. The first-order chi connectivity index (χ1) is 16.6. The number of carbonyl (C=O) groups excluding carboxylic acids is 1. The van der Waals surface area contributed by atoms with E-state index in [1.165, 1.54) is 11.3 Å². The van der Waals surface area contributed by atoms with Crippen LogP contribution in [0.2, 0.25) is 0 Å². The van der Waals surface area contributed by atoms with Crippen LogP contribution < -0.4 is 9.47 Å². The molecule has 4 aromatic rings. The summed E-state index contributed by atoms with van der Waals surface area (Å²) in [5.41, 5.74) is 3.91. The monoisotopic (exact) mass is 472 g/mol. The van der Waals surface area contributed by atoms with Gasteiger partial charge in [0.25, 0.3) is 5.91 Å². The van der Waals surface area contributed by atoms with Crippen molar-refractivity contribution in [3.8, 4) is 22.3 Å². The van der Waals surface area contributed by atoms with Crippen LogP contribution >= 0.6 is 11.3 Å². The molecule has 0 saturated carbocycles. The van der Waals surface area contributed by atoms with Crippen LogP contribution in [-0.4, -0.2) is 46.5 Å². The summed E-state index contributed by atoms with van der Waals surface area (Å²) >= 11 is 1.33. The average Bonchev–Trinajstić information content (AvgIpc) is 3.29. The highest BCUT2D eigenvalue weighted by Gasteiger charge is 2.35. The van der Waals surface area contributed by atoms with E-state index in [1.54, 1.807) is 32.7 Å². The molecule has 2 aromatic carbocycles. The van der Waals surface area contributed by atoms with Crippen molar-refractivity contribution in [2.45, 2.75) is 19.4 Å². The maximum atomic E-state index is 13.9.